The summed E-state index contributed by atoms with van der Waals surface area (Å²) in [5, 5.41) is 9.25. The lowest BCUT2D eigenvalue weighted by Gasteiger charge is -2.14. The average Bonchev–Trinajstić information content (AvgIpc) is 3.18. The largest absolute Gasteiger partial charge is 0.459 e. The zero-order chi connectivity index (χ0) is 18.8. The van der Waals surface area contributed by atoms with E-state index in [4.69, 9.17) is 4.42 Å². The minimum atomic E-state index is -0.216. The van der Waals surface area contributed by atoms with Crippen LogP contribution in [0.1, 0.15) is 41.4 Å². The Hall–Kier alpha value is -2.76. The minimum absolute atomic E-state index is 0.216. The quantitative estimate of drug-likeness (QED) is 0.386. The van der Waals surface area contributed by atoms with Crippen molar-refractivity contribution in [3.8, 4) is 0 Å². The maximum absolute atomic E-state index is 11.8. The number of carbonyl (C=O) groups is 1. The first-order valence-electron chi connectivity index (χ1n) is 9.00. The Bertz CT molecular complexity index is 693. The molecule has 1 aromatic carbocycles. The summed E-state index contributed by atoms with van der Waals surface area (Å²) in [5.74, 6) is 1.19. The normalized spacial score (nSPS) is 12.5. The molecule has 1 heterocycles. The number of aryl methyl sites for hydroxylation is 1. The van der Waals surface area contributed by atoms with Crippen molar-refractivity contribution in [2.75, 3.05) is 26.2 Å². The maximum Gasteiger partial charge on any atom is 0.287 e. The molecule has 0 aliphatic carbocycles. The summed E-state index contributed by atoms with van der Waals surface area (Å²) in [7, 11) is 0. The number of furan rings is 1. The lowest BCUT2D eigenvalue weighted by molar-refractivity contribution is 0.0926. The molecule has 0 radical (unpaired) electrons. The number of hydrogen-bond donors (Lipinski definition) is 3. The Morgan fingerprint density at radius 3 is 2.50 bits per heavy atom. The van der Waals surface area contributed by atoms with E-state index in [1.165, 1.54) is 17.4 Å². The number of benzene rings is 1. The summed E-state index contributed by atoms with van der Waals surface area (Å²) in [6.07, 6.45) is 1.48. The highest BCUT2D eigenvalue weighted by Crippen LogP contribution is 2.15. The van der Waals surface area contributed by atoms with Gasteiger partial charge < -0.3 is 20.4 Å². The molecule has 0 saturated heterocycles. The van der Waals surface area contributed by atoms with Crippen molar-refractivity contribution in [2.24, 2.45) is 4.99 Å². The number of hydrogen-bond acceptors (Lipinski definition) is 3. The fourth-order valence-electron chi connectivity index (χ4n) is 2.42. The monoisotopic (exact) mass is 356 g/mol. The zero-order valence-electron chi connectivity index (χ0n) is 15.7. The van der Waals surface area contributed by atoms with Gasteiger partial charge in [0.25, 0.3) is 5.91 Å². The first kappa shape index (κ1) is 19.6. The zero-order valence-corrected chi connectivity index (χ0v) is 15.7. The molecule has 0 spiro atoms. The smallest absolute Gasteiger partial charge is 0.287 e. The summed E-state index contributed by atoms with van der Waals surface area (Å²) < 4.78 is 5.06. The molecule has 1 amide bonds. The maximum atomic E-state index is 11.8. The van der Waals surface area contributed by atoms with Gasteiger partial charge in [0, 0.05) is 32.1 Å². The molecular formula is C20H28N4O2. The SMILES string of the molecule is CCNC(=NCC(C)c1ccc(C)cc1)NCCNC(=O)c1ccco1. The number of nitrogens with one attached hydrogen (secondary N) is 3. The Labute approximate surface area is 155 Å². The van der Waals surface area contributed by atoms with E-state index < -0.39 is 0 Å². The predicted octanol–water partition coefficient (Wildman–Crippen LogP) is 2.68. The van der Waals surface area contributed by atoms with Gasteiger partial charge in [0.05, 0.1) is 6.26 Å². The number of rotatable bonds is 8. The molecule has 140 valence electrons. The molecule has 2 aromatic rings. The second-order valence-electron chi connectivity index (χ2n) is 6.19. The number of carbonyl (C=O) groups excluding carboxylic acids is 1. The van der Waals surface area contributed by atoms with Crippen molar-refractivity contribution >= 4 is 11.9 Å². The van der Waals surface area contributed by atoms with Crippen molar-refractivity contribution in [1.82, 2.24) is 16.0 Å². The summed E-state index contributed by atoms with van der Waals surface area (Å²) in [6, 6.07) is 11.9. The minimum Gasteiger partial charge on any atom is -0.459 e. The number of aliphatic imine (C=N–C) groups is 1. The summed E-state index contributed by atoms with van der Waals surface area (Å²) >= 11 is 0. The molecule has 1 atom stereocenters. The van der Waals surface area contributed by atoms with Crippen LogP contribution in [-0.4, -0.2) is 38.0 Å². The van der Waals surface area contributed by atoms with E-state index in [0.717, 1.165) is 12.5 Å². The van der Waals surface area contributed by atoms with Crippen LogP contribution in [0.5, 0.6) is 0 Å². The van der Waals surface area contributed by atoms with Crippen molar-refractivity contribution in [2.45, 2.75) is 26.7 Å². The van der Waals surface area contributed by atoms with E-state index in [1.54, 1.807) is 12.1 Å². The second-order valence-corrected chi connectivity index (χ2v) is 6.19. The lowest BCUT2D eigenvalue weighted by atomic mass is 10.0. The van der Waals surface area contributed by atoms with Gasteiger partial charge in [-0.2, -0.15) is 0 Å². The first-order valence-corrected chi connectivity index (χ1v) is 9.00. The van der Waals surface area contributed by atoms with Gasteiger partial charge in [-0.3, -0.25) is 9.79 Å². The van der Waals surface area contributed by atoms with Crippen LogP contribution >= 0.6 is 0 Å². The molecule has 3 N–H and O–H groups in total. The molecule has 6 nitrogen and oxygen atoms in total. The van der Waals surface area contributed by atoms with E-state index in [1.807, 2.05) is 6.92 Å². The van der Waals surface area contributed by atoms with Gasteiger partial charge in [0.1, 0.15) is 0 Å². The fraction of sp³-hybridized carbons (Fsp3) is 0.400. The van der Waals surface area contributed by atoms with Crippen molar-refractivity contribution < 1.29 is 9.21 Å². The predicted molar refractivity (Wildman–Crippen MR) is 105 cm³/mol. The van der Waals surface area contributed by atoms with Crippen LogP contribution < -0.4 is 16.0 Å². The molecule has 0 fully saturated rings. The van der Waals surface area contributed by atoms with Gasteiger partial charge >= 0.3 is 0 Å². The van der Waals surface area contributed by atoms with Crippen LogP contribution in [0.2, 0.25) is 0 Å². The first-order chi connectivity index (χ1) is 12.6. The third kappa shape index (κ3) is 6.27. The number of amides is 1. The van der Waals surface area contributed by atoms with E-state index in [-0.39, 0.29) is 5.91 Å². The van der Waals surface area contributed by atoms with Crippen molar-refractivity contribution in [1.29, 1.82) is 0 Å². The average molecular weight is 356 g/mol. The van der Waals surface area contributed by atoms with Gasteiger partial charge in [-0.05, 0) is 31.5 Å². The molecule has 1 aromatic heterocycles. The second kappa shape index (κ2) is 10.3. The van der Waals surface area contributed by atoms with E-state index >= 15 is 0 Å². The van der Waals surface area contributed by atoms with Crippen LogP contribution in [-0.2, 0) is 0 Å². The van der Waals surface area contributed by atoms with Gasteiger partial charge in [0.2, 0.25) is 0 Å². The van der Waals surface area contributed by atoms with Crippen molar-refractivity contribution in [3.63, 3.8) is 0 Å². The highest BCUT2D eigenvalue weighted by molar-refractivity contribution is 5.91. The Morgan fingerprint density at radius 1 is 1.12 bits per heavy atom. The van der Waals surface area contributed by atoms with Gasteiger partial charge in [-0.25, -0.2) is 0 Å². The summed E-state index contributed by atoms with van der Waals surface area (Å²) in [6.45, 7) is 8.82. The van der Waals surface area contributed by atoms with Gasteiger partial charge in [0.15, 0.2) is 11.7 Å². The molecule has 6 heteroatoms. The van der Waals surface area contributed by atoms with Crippen LogP contribution in [0.4, 0.5) is 0 Å². The molecule has 0 aliphatic heterocycles. The third-order valence-electron chi connectivity index (χ3n) is 3.96. The molecule has 0 saturated carbocycles. The van der Waals surface area contributed by atoms with Gasteiger partial charge in [-0.15, -0.1) is 0 Å². The number of nitrogens with zero attached hydrogens (tertiary/aromatic N) is 1. The fourth-order valence-corrected chi connectivity index (χ4v) is 2.42. The van der Waals surface area contributed by atoms with Crippen LogP contribution in [0.3, 0.4) is 0 Å². The highest BCUT2D eigenvalue weighted by atomic mass is 16.3. The van der Waals surface area contributed by atoms with Crippen LogP contribution in [0, 0.1) is 6.92 Å². The van der Waals surface area contributed by atoms with Gasteiger partial charge in [-0.1, -0.05) is 36.8 Å². The molecule has 2 rings (SSSR count). The highest BCUT2D eigenvalue weighted by Gasteiger charge is 2.08. The molecule has 0 bridgehead atoms. The molecule has 1 unspecified atom stereocenters. The Balaban J connectivity index is 1.78. The van der Waals surface area contributed by atoms with Crippen LogP contribution in [0.25, 0.3) is 0 Å². The summed E-state index contributed by atoms with van der Waals surface area (Å²) in [4.78, 5) is 16.4. The Kier molecular flexibility index (Phi) is 7.74. The topological polar surface area (TPSA) is 78.7 Å². The van der Waals surface area contributed by atoms with E-state index in [9.17, 15) is 4.79 Å². The lowest BCUT2D eigenvalue weighted by Crippen LogP contribution is -2.41. The molecule has 26 heavy (non-hydrogen) atoms. The summed E-state index contributed by atoms with van der Waals surface area (Å²) in [5.41, 5.74) is 2.54. The Morgan fingerprint density at radius 2 is 1.85 bits per heavy atom. The molecule has 0 aliphatic rings. The molecular weight excluding hydrogens is 328 g/mol. The van der Waals surface area contributed by atoms with E-state index in [2.05, 4.69) is 59.1 Å². The standard InChI is InChI=1S/C20H28N4O2/c1-4-21-20(23-12-11-22-19(25)18-6-5-13-26-18)24-14-16(3)17-9-7-15(2)8-10-17/h5-10,13,16H,4,11-12,14H2,1-3H3,(H,22,25)(H2,21,23,24). The van der Waals surface area contributed by atoms with Crippen LogP contribution in [0.15, 0.2) is 52.1 Å². The number of guanidine groups is 1. The third-order valence-corrected chi connectivity index (χ3v) is 3.96. The van der Waals surface area contributed by atoms with E-state index in [0.29, 0.717) is 31.3 Å². The van der Waals surface area contributed by atoms with Crippen molar-refractivity contribution in [3.05, 3.63) is 59.5 Å².